The van der Waals surface area contributed by atoms with Crippen LogP contribution in [0.2, 0.25) is 25.2 Å². The molecule has 4 unspecified atom stereocenters. The Morgan fingerprint density at radius 3 is 2.27 bits per heavy atom. The van der Waals surface area contributed by atoms with E-state index in [0.29, 0.717) is 23.0 Å². The summed E-state index contributed by atoms with van der Waals surface area (Å²) < 4.78 is 0. The fourth-order valence-corrected chi connectivity index (χ4v) is 7.23. The molecule has 2 heteroatoms. The lowest BCUT2D eigenvalue weighted by molar-refractivity contribution is 0.301. The Balaban J connectivity index is 2.36. The number of aliphatic hydroxyl groups is 1. The van der Waals surface area contributed by atoms with Crippen LogP contribution in [0.15, 0.2) is 11.8 Å². The number of aliphatic hydroxyl groups excluding tert-OH is 1. The van der Waals surface area contributed by atoms with Crippen molar-refractivity contribution >= 4 is 8.07 Å². The second-order valence-electron chi connectivity index (χ2n) is 7.14. The molecule has 1 fully saturated rings. The van der Waals surface area contributed by atoms with Crippen molar-refractivity contribution in [2.24, 2.45) is 23.2 Å². The number of hydrogen-bond donors (Lipinski definition) is 1. The van der Waals surface area contributed by atoms with Crippen LogP contribution in [-0.2, 0) is 0 Å². The maximum Gasteiger partial charge on any atom is 0.0914 e. The van der Waals surface area contributed by atoms with E-state index in [4.69, 9.17) is 0 Å². The van der Waals surface area contributed by atoms with E-state index in [1.54, 1.807) is 0 Å². The van der Waals surface area contributed by atoms with Gasteiger partial charge in [-0.1, -0.05) is 40.4 Å². The molecule has 0 aromatic carbocycles. The molecule has 0 aromatic heterocycles. The summed E-state index contributed by atoms with van der Waals surface area (Å²) in [5, 5.41) is 10.0. The number of allylic oxidation sites excluding steroid dienone is 2. The zero-order chi connectivity index (χ0) is 11.6. The van der Waals surface area contributed by atoms with Gasteiger partial charge in [-0.3, -0.25) is 0 Å². The fraction of sp³-hybridized carbons (Fsp3) is 0.846. The summed E-state index contributed by atoms with van der Waals surface area (Å²) in [6, 6.07) is 0. The van der Waals surface area contributed by atoms with Crippen LogP contribution in [-0.4, -0.2) is 13.2 Å². The molecule has 0 bridgehead atoms. The molecule has 2 rings (SSSR count). The van der Waals surface area contributed by atoms with Gasteiger partial charge in [0.25, 0.3) is 0 Å². The van der Waals surface area contributed by atoms with Crippen molar-refractivity contribution in [1.82, 2.24) is 0 Å². The van der Waals surface area contributed by atoms with Crippen LogP contribution < -0.4 is 0 Å². The van der Waals surface area contributed by atoms with Gasteiger partial charge in [0.2, 0.25) is 0 Å². The van der Waals surface area contributed by atoms with Crippen molar-refractivity contribution in [3.05, 3.63) is 11.8 Å². The highest BCUT2D eigenvalue weighted by atomic mass is 28.3. The maximum atomic E-state index is 10.0. The first-order chi connectivity index (χ1) is 6.67. The van der Waals surface area contributed by atoms with E-state index < -0.39 is 8.07 Å². The molecule has 1 saturated carbocycles. The first kappa shape index (κ1) is 11.2. The molecule has 1 N–H and O–H groups in total. The number of hydrogen-bond acceptors (Lipinski definition) is 1. The molecule has 0 radical (unpaired) electrons. The quantitative estimate of drug-likeness (QED) is 0.666. The third-order valence-corrected chi connectivity index (χ3v) is 7.60. The molecule has 15 heavy (non-hydrogen) atoms. The van der Waals surface area contributed by atoms with E-state index >= 15 is 0 Å². The van der Waals surface area contributed by atoms with Gasteiger partial charge in [-0.05, 0) is 28.9 Å². The second kappa shape index (κ2) is 2.91. The average Bonchev–Trinajstić information content (AvgIpc) is 2.53. The molecule has 1 nitrogen and oxygen atoms in total. The standard InChI is InChI=1S/C13H24OSi/c1-8-10(14)7-9-11(13(9,2)3)12(8)15(4,5)6/h7-9,11-12,14H,1-6H3. The summed E-state index contributed by atoms with van der Waals surface area (Å²) in [7, 11) is -1.17. The van der Waals surface area contributed by atoms with Crippen molar-refractivity contribution in [2.75, 3.05) is 0 Å². The van der Waals surface area contributed by atoms with Gasteiger partial charge in [-0.25, -0.2) is 0 Å². The van der Waals surface area contributed by atoms with Gasteiger partial charge in [0.1, 0.15) is 0 Å². The maximum absolute atomic E-state index is 10.0. The van der Waals surface area contributed by atoms with Crippen LogP contribution in [0.4, 0.5) is 0 Å². The van der Waals surface area contributed by atoms with E-state index in [2.05, 4.69) is 46.5 Å². The predicted molar refractivity (Wildman–Crippen MR) is 67.7 cm³/mol. The molecule has 2 aliphatic rings. The zero-order valence-electron chi connectivity index (χ0n) is 10.8. The summed E-state index contributed by atoms with van der Waals surface area (Å²) in [5.41, 5.74) is 1.19. The Kier molecular flexibility index (Phi) is 2.18. The molecular weight excluding hydrogens is 200 g/mol. The van der Waals surface area contributed by atoms with Crippen LogP contribution in [0.25, 0.3) is 0 Å². The topological polar surface area (TPSA) is 20.2 Å². The van der Waals surface area contributed by atoms with Gasteiger partial charge < -0.3 is 5.11 Å². The van der Waals surface area contributed by atoms with Gasteiger partial charge in [0.15, 0.2) is 0 Å². The average molecular weight is 224 g/mol. The van der Waals surface area contributed by atoms with Gasteiger partial charge in [-0.2, -0.15) is 0 Å². The third-order valence-electron chi connectivity index (χ3n) is 4.74. The molecule has 86 valence electrons. The summed E-state index contributed by atoms with van der Waals surface area (Å²) >= 11 is 0. The second-order valence-corrected chi connectivity index (χ2v) is 12.5. The van der Waals surface area contributed by atoms with Gasteiger partial charge in [0.05, 0.1) is 5.76 Å². The van der Waals surface area contributed by atoms with Crippen molar-refractivity contribution in [1.29, 1.82) is 0 Å². The first-order valence-corrected chi connectivity index (χ1v) is 9.66. The number of fused-ring (bicyclic) bond motifs is 1. The minimum absolute atomic E-state index is 0.389. The minimum Gasteiger partial charge on any atom is -0.512 e. The lowest BCUT2D eigenvalue weighted by Crippen LogP contribution is -2.36. The van der Waals surface area contributed by atoms with E-state index in [1.165, 1.54) is 0 Å². The SMILES string of the molecule is CC1C(O)=CC2C(C1[Si](C)(C)C)C2(C)C. The van der Waals surface area contributed by atoms with Crippen molar-refractivity contribution in [3.63, 3.8) is 0 Å². The monoisotopic (exact) mass is 224 g/mol. The van der Waals surface area contributed by atoms with Crippen molar-refractivity contribution < 1.29 is 5.11 Å². The molecule has 2 aliphatic carbocycles. The summed E-state index contributed by atoms with van der Waals surface area (Å²) in [6.07, 6.45) is 2.13. The van der Waals surface area contributed by atoms with E-state index in [9.17, 15) is 5.11 Å². The van der Waals surface area contributed by atoms with Gasteiger partial charge >= 0.3 is 0 Å². The van der Waals surface area contributed by atoms with E-state index in [0.717, 1.165) is 11.5 Å². The van der Waals surface area contributed by atoms with Crippen LogP contribution in [0.3, 0.4) is 0 Å². The summed E-state index contributed by atoms with van der Waals surface area (Å²) in [6.45, 7) is 14.3. The molecule has 4 atom stereocenters. The molecule has 0 amide bonds. The van der Waals surface area contributed by atoms with Gasteiger partial charge in [-0.15, -0.1) is 0 Å². The highest BCUT2D eigenvalue weighted by Crippen LogP contribution is 2.70. The van der Waals surface area contributed by atoms with E-state index in [1.807, 2.05) is 0 Å². The molecule has 0 aliphatic heterocycles. The Bertz CT molecular complexity index is 311. The predicted octanol–water partition coefficient (Wildman–Crippen LogP) is 4.06. The van der Waals surface area contributed by atoms with Gasteiger partial charge in [0, 0.05) is 14.0 Å². The smallest absolute Gasteiger partial charge is 0.0914 e. The van der Waals surface area contributed by atoms with Crippen molar-refractivity contribution in [2.45, 2.75) is 46.0 Å². The highest BCUT2D eigenvalue weighted by molar-refractivity contribution is 6.77. The van der Waals surface area contributed by atoms with Crippen molar-refractivity contribution in [3.8, 4) is 0 Å². The lowest BCUT2D eigenvalue weighted by atomic mass is 9.94. The normalized spacial score (nSPS) is 43.2. The zero-order valence-corrected chi connectivity index (χ0v) is 11.8. The van der Waals surface area contributed by atoms with Crippen LogP contribution >= 0.6 is 0 Å². The largest absolute Gasteiger partial charge is 0.512 e. The Labute approximate surface area is 94.6 Å². The lowest BCUT2D eigenvalue weighted by Gasteiger charge is -2.37. The molecule has 0 aromatic rings. The molecule has 0 saturated heterocycles. The molecular formula is C13H24OSi. The highest BCUT2D eigenvalue weighted by Gasteiger charge is 2.65. The van der Waals surface area contributed by atoms with Crippen LogP contribution in [0, 0.1) is 23.2 Å². The van der Waals surface area contributed by atoms with Crippen LogP contribution in [0.5, 0.6) is 0 Å². The molecule has 0 heterocycles. The third kappa shape index (κ3) is 1.49. The Morgan fingerprint density at radius 1 is 1.27 bits per heavy atom. The van der Waals surface area contributed by atoms with E-state index in [-0.39, 0.29) is 0 Å². The Hall–Kier alpha value is -0.243. The number of rotatable bonds is 1. The fourth-order valence-electron chi connectivity index (χ4n) is 3.84. The van der Waals surface area contributed by atoms with Crippen LogP contribution in [0.1, 0.15) is 20.8 Å². The summed E-state index contributed by atoms with van der Waals surface area (Å²) in [4.78, 5) is 0. The Morgan fingerprint density at radius 2 is 1.80 bits per heavy atom. The minimum atomic E-state index is -1.17. The summed E-state index contributed by atoms with van der Waals surface area (Å²) in [5.74, 6) is 2.52. The molecule has 0 spiro atoms. The first-order valence-electron chi connectivity index (χ1n) is 6.08.